The smallest absolute Gasteiger partial charge is 0.306 e. The number of nitrogens with zero attached hydrogens (tertiary/aromatic N) is 6. The zero-order valence-electron chi connectivity index (χ0n) is 40.4. The van der Waals surface area contributed by atoms with Crippen molar-refractivity contribution in [2.24, 2.45) is 29.6 Å². The van der Waals surface area contributed by atoms with Gasteiger partial charge in [0.25, 0.3) is 0 Å². The lowest BCUT2D eigenvalue weighted by Gasteiger charge is -2.30. The van der Waals surface area contributed by atoms with Crippen molar-refractivity contribution >= 4 is 53.9 Å². The van der Waals surface area contributed by atoms with E-state index in [0.717, 1.165) is 93.4 Å². The molecule has 4 aromatic rings. The van der Waals surface area contributed by atoms with Crippen molar-refractivity contribution in [1.82, 2.24) is 27.7 Å². The van der Waals surface area contributed by atoms with Crippen LogP contribution in [0.1, 0.15) is 124 Å². The van der Waals surface area contributed by atoms with Crippen molar-refractivity contribution in [3.8, 4) is 0 Å². The highest BCUT2D eigenvalue weighted by molar-refractivity contribution is 7.89. The van der Waals surface area contributed by atoms with Gasteiger partial charge in [0, 0.05) is 88.9 Å². The summed E-state index contributed by atoms with van der Waals surface area (Å²) >= 11 is 0. The van der Waals surface area contributed by atoms with Crippen molar-refractivity contribution in [2.75, 3.05) is 52.6 Å². The number of hydrogen-bond acceptors (Lipinski definition) is 10. The van der Waals surface area contributed by atoms with Gasteiger partial charge in [-0.3, -0.25) is 9.59 Å². The Hall–Kier alpha value is -3.74. The van der Waals surface area contributed by atoms with Crippen LogP contribution >= 0.6 is 0 Å². The van der Waals surface area contributed by atoms with Crippen LogP contribution in [0.2, 0.25) is 0 Å². The molecule has 0 spiro atoms. The van der Waals surface area contributed by atoms with Crippen LogP contribution in [-0.4, -0.2) is 114 Å². The van der Waals surface area contributed by atoms with Crippen LogP contribution in [0.3, 0.4) is 0 Å². The maximum absolute atomic E-state index is 13.5. The molecule has 6 heterocycles. The normalized spacial score (nSPS) is 20.9. The second-order valence-electron chi connectivity index (χ2n) is 21.8. The van der Waals surface area contributed by atoms with Gasteiger partial charge in [-0.25, -0.2) is 26.8 Å². The lowest BCUT2D eigenvalue weighted by atomic mass is 9.91. The van der Waals surface area contributed by atoms with Crippen LogP contribution in [0.15, 0.2) is 46.2 Å². The topological polar surface area (TPSA) is 183 Å². The van der Waals surface area contributed by atoms with E-state index in [0.29, 0.717) is 79.1 Å². The van der Waals surface area contributed by atoms with Crippen molar-refractivity contribution in [1.29, 1.82) is 0 Å². The predicted octanol–water partition coefficient (Wildman–Crippen LogP) is 7.78. The Kier molecular flexibility index (Phi) is 14.8. The highest BCUT2D eigenvalue weighted by Crippen LogP contribution is 2.37. The van der Waals surface area contributed by atoms with E-state index in [4.69, 9.17) is 19.4 Å². The van der Waals surface area contributed by atoms with E-state index in [2.05, 4.69) is 50.7 Å². The number of hydrogen-bond donors (Lipinski definition) is 1. The summed E-state index contributed by atoms with van der Waals surface area (Å²) in [6.07, 6.45) is 9.05. The molecule has 5 aliphatic rings. The third-order valence-electron chi connectivity index (χ3n) is 14.5. The highest BCUT2D eigenvalue weighted by atomic mass is 32.2. The van der Waals surface area contributed by atoms with Gasteiger partial charge < -0.3 is 23.7 Å². The Balaban J connectivity index is 0.000000182. The van der Waals surface area contributed by atoms with Crippen LogP contribution < -0.4 is 0 Å². The molecule has 2 aromatic heterocycles. The molecule has 0 bridgehead atoms. The maximum Gasteiger partial charge on any atom is 0.306 e. The standard InChI is InChI=1S/C27H39N3O4S.C23H33N3O5S/c1-27(2,3)26-28-23-17-22(6-7-24(23)30(26)18-20-10-14-34-15-11-20)35(32,33)29-12-8-21(9-13-29)25(31)16-19-4-5-19;1-23(2,3)22-24-19-14-18(32(29,30)25-10-6-17(7-11-25)21(27)28)4-5-20(19)26(22)15-16-8-12-31-13-9-16/h6-7,17,19-21H,4-5,8-16,18H2,1-3H3;4-5,14,16-17H,6-13,15H2,1-3H3,(H,27,28). The summed E-state index contributed by atoms with van der Waals surface area (Å²) in [7, 11) is -7.32. The van der Waals surface area contributed by atoms with Gasteiger partial charge in [-0.05, 0) is 118 Å². The second kappa shape index (κ2) is 19.9. The molecule has 15 nitrogen and oxygen atoms in total. The molecule has 0 amide bonds. The molecule has 4 saturated heterocycles. The summed E-state index contributed by atoms with van der Waals surface area (Å²) in [5.41, 5.74) is 3.02. The number of rotatable bonds is 12. The molecule has 1 saturated carbocycles. The number of fused-ring (bicyclic) bond motifs is 2. The number of ketones is 1. The molecule has 0 radical (unpaired) electrons. The second-order valence-corrected chi connectivity index (χ2v) is 25.7. The minimum atomic E-state index is -3.69. The SMILES string of the molecule is CC(C)(C)c1nc2cc(S(=O)(=O)N3CCC(C(=O)CC4CC4)CC3)ccc2n1CC1CCOCC1.CC(C)(C)c1nc2cc(S(=O)(=O)N3CCC(C(=O)O)CC3)ccc2n1CC1CCOCC1. The molecule has 9 rings (SSSR count). The zero-order valence-corrected chi connectivity index (χ0v) is 42.0. The third-order valence-corrected chi connectivity index (χ3v) is 18.3. The molecule has 0 unspecified atom stereocenters. The number of benzene rings is 2. The van der Waals surface area contributed by atoms with Crippen LogP contribution in [0.4, 0.5) is 0 Å². The first-order valence-corrected chi connectivity index (χ1v) is 27.5. The van der Waals surface area contributed by atoms with E-state index in [9.17, 15) is 31.5 Å². The number of sulfonamides is 2. The number of aromatic nitrogens is 4. The minimum absolute atomic E-state index is 0.0137. The monoisotopic (exact) mass is 964 g/mol. The number of carboxylic acid groups (broad SMARTS) is 1. The van der Waals surface area contributed by atoms with Crippen molar-refractivity contribution in [3.05, 3.63) is 48.0 Å². The third kappa shape index (κ3) is 11.3. The van der Waals surface area contributed by atoms with E-state index < -0.39 is 31.9 Å². The molecule has 1 N–H and O–H groups in total. The number of imidazole rings is 2. The van der Waals surface area contributed by atoms with E-state index in [-0.39, 0.29) is 34.7 Å². The fraction of sp³-hybridized carbons (Fsp3) is 0.680. The summed E-state index contributed by atoms with van der Waals surface area (Å²) < 4.78 is 72.0. The zero-order chi connectivity index (χ0) is 47.9. The summed E-state index contributed by atoms with van der Waals surface area (Å²) in [6, 6.07) is 10.6. The Labute approximate surface area is 397 Å². The summed E-state index contributed by atoms with van der Waals surface area (Å²) in [4.78, 5) is 34.0. The molecule has 5 fully saturated rings. The van der Waals surface area contributed by atoms with Crippen LogP contribution in [0.5, 0.6) is 0 Å². The molecule has 1 aliphatic carbocycles. The average Bonchev–Trinajstić information content (AvgIpc) is 3.93. The summed E-state index contributed by atoms with van der Waals surface area (Å²) in [5, 5.41) is 9.19. The molecule has 2 aromatic carbocycles. The molecule has 4 aliphatic heterocycles. The fourth-order valence-corrected chi connectivity index (χ4v) is 13.2. The molecule has 17 heteroatoms. The highest BCUT2D eigenvalue weighted by Gasteiger charge is 2.36. The lowest BCUT2D eigenvalue weighted by Crippen LogP contribution is -2.40. The van der Waals surface area contributed by atoms with Gasteiger partial charge in [0.05, 0.1) is 37.8 Å². The maximum atomic E-state index is 13.5. The molecule has 368 valence electrons. The van der Waals surface area contributed by atoms with Crippen molar-refractivity contribution in [2.45, 2.75) is 146 Å². The number of carbonyl (C=O) groups is 2. The Morgan fingerprint density at radius 1 is 0.582 bits per heavy atom. The number of carboxylic acids is 1. The van der Waals surface area contributed by atoms with Crippen LogP contribution in [0, 0.1) is 29.6 Å². The number of piperidine rings is 2. The van der Waals surface area contributed by atoms with Gasteiger partial charge in [0.2, 0.25) is 20.0 Å². The number of ether oxygens (including phenoxy) is 2. The van der Waals surface area contributed by atoms with Gasteiger partial charge in [0.15, 0.2) is 0 Å². The van der Waals surface area contributed by atoms with Gasteiger partial charge in [-0.15, -0.1) is 0 Å². The minimum Gasteiger partial charge on any atom is -0.481 e. The predicted molar refractivity (Wildman–Crippen MR) is 257 cm³/mol. The largest absolute Gasteiger partial charge is 0.481 e. The first-order valence-electron chi connectivity index (χ1n) is 24.6. The van der Waals surface area contributed by atoms with Crippen LogP contribution in [-0.2, 0) is 63.0 Å². The number of Topliss-reactive ketones (excluding diaryl/α,β-unsaturated/α-hetero) is 1. The Morgan fingerprint density at radius 3 is 1.33 bits per heavy atom. The summed E-state index contributed by atoms with van der Waals surface area (Å²) in [6.45, 7) is 19.0. The fourth-order valence-electron chi connectivity index (χ4n) is 10.3. The van der Waals surface area contributed by atoms with E-state index in [1.807, 2.05) is 12.1 Å². The van der Waals surface area contributed by atoms with E-state index in [1.54, 1.807) is 28.6 Å². The molecular weight excluding hydrogens is 893 g/mol. The van der Waals surface area contributed by atoms with Crippen LogP contribution in [0.25, 0.3) is 22.1 Å². The molecule has 67 heavy (non-hydrogen) atoms. The lowest BCUT2D eigenvalue weighted by molar-refractivity contribution is -0.143. The van der Waals surface area contributed by atoms with Gasteiger partial charge in [0.1, 0.15) is 17.4 Å². The van der Waals surface area contributed by atoms with Crippen molar-refractivity contribution < 1.29 is 41.0 Å². The first kappa shape index (κ1) is 49.7. The molecule has 0 atom stereocenters. The van der Waals surface area contributed by atoms with E-state index in [1.165, 1.54) is 17.1 Å². The van der Waals surface area contributed by atoms with E-state index >= 15 is 0 Å². The van der Waals surface area contributed by atoms with Gasteiger partial charge in [-0.2, -0.15) is 8.61 Å². The quantitative estimate of drug-likeness (QED) is 0.146. The average molecular weight is 965 g/mol. The Morgan fingerprint density at radius 2 is 0.970 bits per heavy atom. The van der Waals surface area contributed by atoms with Gasteiger partial charge in [-0.1, -0.05) is 41.5 Å². The number of carbonyl (C=O) groups excluding carboxylic acids is 1. The van der Waals surface area contributed by atoms with Crippen molar-refractivity contribution in [3.63, 3.8) is 0 Å². The number of aliphatic carboxylic acids is 1. The van der Waals surface area contributed by atoms with Gasteiger partial charge >= 0.3 is 5.97 Å². The summed E-state index contributed by atoms with van der Waals surface area (Å²) in [5.74, 6) is 2.60. The Bertz CT molecular complexity index is 2630. The molecular formula is C50H72N6O9S2. The first-order chi connectivity index (χ1) is 31.7.